The third-order valence-corrected chi connectivity index (χ3v) is 2.53. The van der Waals surface area contributed by atoms with Gasteiger partial charge in [-0.15, -0.1) is 0 Å². The molecule has 0 atom stereocenters. The maximum atomic E-state index is 11.7. The molecule has 0 aliphatic rings. The van der Waals surface area contributed by atoms with Gasteiger partial charge < -0.3 is 20.7 Å². The third kappa shape index (κ3) is 5.29. The summed E-state index contributed by atoms with van der Waals surface area (Å²) in [5.74, 6) is 0.279. The molecule has 0 unspecified atom stereocenters. The highest BCUT2D eigenvalue weighted by Crippen LogP contribution is 2.14. The molecule has 1 aromatic carbocycles. The maximum Gasteiger partial charge on any atom is 0.239 e. The highest BCUT2D eigenvalue weighted by Gasteiger charge is 2.11. The van der Waals surface area contributed by atoms with Crippen LogP contribution in [0.4, 0.5) is 5.69 Å². The number of hydrogen-bond acceptors (Lipinski definition) is 4. The molecule has 0 radical (unpaired) electrons. The lowest BCUT2D eigenvalue weighted by atomic mass is 10.3. The number of amides is 2. The Hall–Kier alpha value is -2.24. The van der Waals surface area contributed by atoms with Gasteiger partial charge >= 0.3 is 0 Å². The average molecular weight is 265 g/mol. The van der Waals surface area contributed by atoms with E-state index in [1.807, 2.05) is 0 Å². The van der Waals surface area contributed by atoms with Gasteiger partial charge in [-0.2, -0.15) is 0 Å². The summed E-state index contributed by atoms with van der Waals surface area (Å²) in [5.41, 5.74) is 6.22. The Morgan fingerprint density at radius 2 is 2.16 bits per heavy atom. The van der Waals surface area contributed by atoms with Crippen LogP contribution in [0.3, 0.4) is 0 Å². The van der Waals surface area contributed by atoms with E-state index in [0.717, 1.165) is 0 Å². The minimum absolute atomic E-state index is 0.0492. The highest BCUT2D eigenvalue weighted by molar-refractivity contribution is 5.84. The van der Waals surface area contributed by atoms with Gasteiger partial charge in [-0.1, -0.05) is 6.07 Å². The number of carbonyl (C=O) groups excluding carboxylic acids is 2. The van der Waals surface area contributed by atoms with Crippen molar-refractivity contribution in [2.45, 2.75) is 6.42 Å². The second-order valence-electron chi connectivity index (χ2n) is 4.09. The standard InChI is InChI=1S/C13H19N3O3/c1-15-12(17)9-16(2)13(18)6-7-19-11-5-3-4-10(14)8-11/h3-5,8H,6-7,9,14H2,1-2H3,(H,15,17). The number of ether oxygens (including phenoxy) is 1. The highest BCUT2D eigenvalue weighted by atomic mass is 16.5. The molecule has 0 saturated heterocycles. The molecule has 1 aromatic rings. The Balaban J connectivity index is 2.32. The van der Waals surface area contributed by atoms with E-state index in [0.29, 0.717) is 11.4 Å². The molecule has 0 aromatic heterocycles. The van der Waals surface area contributed by atoms with Crippen molar-refractivity contribution in [3.63, 3.8) is 0 Å². The molecular weight excluding hydrogens is 246 g/mol. The second-order valence-corrected chi connectivity index (χ2v) is 4.09. The van der Waals surface area contributed by atoms with Crippen LogP contribution in [0.1, 0.15) is 6.42 Å². The van der Waals surface area contributed by atoms with Gasteiger partial charge in [0.2, 0.25) is 11.8 Å². The topological polar surface area (TPSA) is 84.7 Å². The van der Waals surface area contributed by atoms with Crippen LogP contribution in [0.25, 0.3) is 0 Å². The first-order chi connectivity index (χ1) is 9.02. The van der Waals surface area contributed by atoms with Crippen LogP contribution in [0.5, 0.6) is 5.75 Å². The number of rotatable bonds is 6. The van der Waals surface area contributed by atoms with Crippen molar-refractivity contribution in [3.8, 4) is 5.75 Å². The molecule has 2 amide bonds. The van der Waals surface area contributed by atoms with Crippen molar-refractivity contribution < 1.29 is 14.3 Å². The van der Waals surface area contributed by atoms with Gasteiger partial charge in [0, 0.05) is 25.8 Å². The van der Waals surface area contributed by atoms with Gasteiger partial charge in [0.25, 0.3) is 0 Å². The zero-order valence-electron chi connectivity index (χ0n) is 11.2. The number of nitrogens with one attached hydrogen (secondary N) is 1. The zero-order chi connectivity index (χ0) is 14.3. The number of nitrogens with two attached hydrogens (primary N) is 1. The molecule has 0 saturated carbocycles. The Morgan fingerprint density at radius 3 is 2.79 bits per heavy atom. The maximum absolute atomic E-state index is 11.7. The van der Waals surface area contributed by atoms with E-state index in [9.17, 15) is 9.59 Å². The largest absolute Gasteiger partial charge is 0.493 e. The summed E-state index contributed by atoms with van der Waals surface area (Å²) >= 11 is 0. The lowest BCUT2D eigenvalue weighted by Crippen LogP contribution is -2.37. The second kappa shape index (κ2) is 7.25. The van der Waals surface area contributed by atoms with E-state index >= 15 is 0 Å². The lowest BCUT2D eigenvalue weighted by Gasteiger charge is -2.16. The van der Waals surface area contributed by atoms with Crippen molar-refractivity contribution in [3.05, 3.63) is 24.3 Å². The van der Waals surface area contributed by atoms with Crippen molar-refractivity contribution in [2.75, 3.05) is 33.0 Å². The van der Waals surface area contributed by atoms with Gasteiger partial charge in [-0.25, -0.2) is 0 Å². The van der Waals surface area contributed by atoms with E-state index in [-0.39, 0.29) is 31.4 Å². The first-order valence-corrected chi connectivity index (χ1v) is 5.96. The third-order valence-electron chi connectivity index (χ3n) is 2.53. The number of nitrogens with zero attached hydrogens (tertiary/aromatic N) is 1. The Kier molecular flexibility index (Phi) is 5.66. The minimum Gasteiger partial charge on any atom is -0.493 e. The van der Waals surface area contributed by atoms with E-state index in [1.165, 1.54) is 11.9 Å². The summed E-state index contributed by atoms with van der Waals surface area (Å²) in [6.45, 7) is 0.300. The molecule has 0 spiro atoms. The monoisotopic (exact) mass is 265 g/mol. The first kappa shape index (κ1) is 14.8. The fourth-order valence-electron chi connectivity index (χ4n) is 1.43. The van der Waals surface area contributed by atoms with E-state index in [1.54, 1.807) is 31.3 Å². The number of carbonyl (C=O) groups is 2. The number of likely N-dealkylation sites (N-methyl/N-ethyl adjacent to an activating group) is 2. The van der Waals surface area contributed by atoms with E-state index < -0.39 is 0 Å². The summed E-state index contributed by atoms with van der Waals surface area (Å²) in [4.78, 5) is 24.2. The molecule has 0 aliphatic heterocycles. The van der Waals surface area contributed by atoms with E-state index in [4.69, 9.17) is 10.5 Å². The van der Waals surface area contributed by atoms with Crippen LogP contribution in [-0.2, 0) is 9.59 Å². The van der Waals surface area contributed by atoms with Crippen LogP contribution < -0.4 is 15.8 Å². The van der Waals surface area contributed by atoms with Crippen LogP contribution >= 0.6 is 0 Å². The normalized spacial score (nSPS) is 9.79. The minimum atomic E-state index is -0.201. The molecule has 0 bridgehead atoms. The molecule has 0 aliphatic carbocycles. The molecule has 6 nitrogen and oxygen atoms in total. The zero-order valence-corrected chi connectivity index (χ0v) is 11.2. The van der Waals surface area contributed by atoms with Crippen molar-refractivity contribution in [1.29, 1.82) is 0 Å². The molecule has 1 rings (SSSR count). The molecule has 0 heterocycles. The number of benzene rings is 1. The molecule has 0 fully saturated rings. The quantitative estimate of drug-likeness (QED) is 0.722. The first-order valence-electron chi connectivity index (χ1n) is 5.96. The summed E-state index contributed by atoms with van der Waals surface area (Å²) in [7, 11) is 3.11. The number of nitrogen functional groups attached to an aromatic ring is 1. The predicted octanol–water partition coefficient (Wildman–Crippen LogP) is 0.242. The molecule has 19 heavy (non-hydrogen) atoms. The van der Waals surface area contributed by atoms with Crippen molar-refractivity contribution >= 4 is 17.5 Å². The summed E-state index contributed by atoms with van der Waals surface area (Å²) in [6.07, 6.45) is 0.211. The van der Waals surface area contributed by atoms with Crippen LogP contribution in [0.15, 0.2) is 24.3 Å². The fourth-order valence-corrected chi connectivity index (χ4v) is 1.43. The molecular formula is C13H19N3O3. The summed E-state index contributed by atoms with van der Waals surface area (Å²) < 4.78 is 5.41. The number of hydrogen-bond donors (Lipinski definition) is 2. The fraction of sp³-hybridized carbons (Fsp3) is 0.385. The molecule has 104 valence electrons. The predicted molar refractivity (Wildman–Crippen MR) is 72.7 cm³/mol. The van der Waals surface area contributed by atoms with E-state index in [2.05, 4.69) is 5.32 Å². The van der Waals surface area contributed by atoms with Crippen LogP contribution in [0.2, 0.25) is 0 Å². The van der Waals surface area contributed by atoms with Crippen molar-refractivity contribution in [1.82, 2.24) is 10.2 Å². The average Bonchev–Trinajstić information content (AvgIpc) is 2.38. The van der Waals surface area contributed by atoms with Gasteiger partial charge in [-0.05, 0) is 12.1 Å². The Bertz CT molecular complexity index is 449. The van der Waals surface area contributed by atoms with Gasteiger partial charge in [0.15, 0.2) is 0 Å². The Labute approximate surface area is 112 Å². The van der Waals surface area contributed by atoms with Gasteiger partial charge in [-0.3, -0.25) is 9.59 Å². The SMILES string of the molecule is CNC(=O)CN(C)C(=O)CCOc1cccc(N)c1. The van der Waals surface area contributed by atoms with Gasteiger partial charge in [0.1, 0.15) is 5.75 Å². The van der Waals surface area contributed by atoms with Crippen LogP contribution in [0, 0.1) is 0 Å². The molecule has 3 N–H and O–H groups in total. The number of anilines is 1. The summed E-state index contributed by atoms with van der Waals surface area (Å²) in [5, 5.41) is 2.46. The van der Waals surface area contributed by atoms with Gasteiger partial charge in [0.05, 0.1) is 19.6 Å². The Morgan fingerprint density at radius 1 is 1.42 bits per heavy atom. The summed E-state index contributed by atoms with van der Waals surface area (Å²) in [6, 6.07) is 7.01. The molecule has 6 heteroatoms. The lowest BCUT2D eigenvalue weighted by molar-refractivity contribution is -0.134. The van der Waals surface area contributed by atoms with Crippen LogP contribution in [-0.4, -0.2) is 44.0 Å². The van der Waals surface area contributed by atoms with Crippen molar-refractivity contribution in [2.24, 2.45) is 0 Å². The smallest absolute Gasteiger partial charge is 0.239 e.